The molecule has 7 nitrogen and oxygen atoms in total. The van der Waals surface area contributed by atoms with Gasteiger partial charge in [0, 0.05) is 31.7 Å². The zero-order valence-corrected chi connectivity index (χ0v) is 21.4. The molecule has 176 valence electrons. The molecule has 2 aromatic rings. The molecule has 0 aliphatic carbocycles. The molecule has 1 aliphatic rings. The number of guanidine groups is 1. The lowest BCUT2D eigenvalue weighted by atomic mass is 10.2. The first-order valence-electron chi connectivity index (χ1n) is 10.8. The molecule has 1 fully saturated rings. The van der Waals surface area contributed by atoms with Crippen molar-refractivity contribution in [3.8, 4) is 23.8 Å². The predicted molar refractivity (Wildman–Crippen MR) is 142 cm³/mol. The van der Waals surface area contributed by atoms with Crippen LogP contribution in [0.1, 0.15) is 30.9 Å². The van der Waals surface area contributed by atoms with Gasteiger partial charge < -0.3 is 25.0 Å². The topological polar surface area (TPSA) is 75.2 Å². The lowest BCUT2D eigenvalue weighted by Gasteiger charge is -2.16. The first kappa shape index (κ1) is 26.3. The number of nitrogens with one attached hydrogen (secondary N) is 2. The Labute approximate surface area is 213 Å². The van der Waals surface area contributed by atoms with Crippen molar-refractivity contribution in [3.05, 3.63) is 53.6 Å². The highest BCUT2D eigenvalue weighted by Crippen LogP contribution is 2.28. The van der Waals surface area contributed by atoms with Gasteiger partial charge in [0.25, 0.3) is 0 Å². The standard InChI is InChI=1S/C25H30N4O3.HI/c1-4-15-32-23-16-20(10-13-22(23)31-3)18-28-25(26-5-2)27-17-19-8-11-21(12-9-19)29-14-6-7-24(29)30;/h1,8-13,16H,5-7,14-15,17-18H2,2-3H3,(H2,26,27,28);1H. The first-order valence-corrected chi connectivity index (χ1v) is 10.8. The quantitative estimate of drug-likeness (QED) is 0.211. The molecule has 0 unspecified atom stereocenters. The SMILES string of the molecule is C#CCOc1cc(CN=C(NCC)NCc2ccc(N3CCCC3=O)cc2)ccc1OC.I. The third-order valence-electron chi connectivity index (χ3n) is 5.08. The Morgan fingerprint density at radius 1 is 1.15 bits per heavy atom. The first-order chi connectivity index (χ1) is 15.6. The van der Waals surface area contributed by atoms with E-state index in [2.05, 4.69) is 21.5 Å². The molecule has 1 saturated heterocycles. The maximum absolute atomic E-state index is 11.9. The average molecular weight is 562 g/mol. The van der Waals surface area contributed by atoms with Crippen molar-refractivity contribution < 1.29 is 14.3 Å². The molecule has 1 amide bonds. The number of aliphatic imine (C=N–C) groups is 1. The number of amides is 1. The Hall–Kier alpha value is -2.93. The monoisotopic (exact) mass is 562 g/mol. The maximum atomic E-state index is 11.9. The Kier molecular flexibility index (Phi) is 10.8. The highest BCUT2D eigenvalue weighted by Gasteiger charge is 2.21. The Morgan fingerprint density at radius 3 is 2.55 bits per heavy atom. The summed E-state index contributed by atoms with van der Waals surface area (Å²) in [4.78, 5) is 18.4. The molecular weight excluding hydrogens is 531 g/mol. The number of carbonyl (C=O) groups excluding carboxylic acids is 1. The van der Waals surface area contributed by atoms with Gasteiger partial charge in [-0.15, -0.1) is 30.4 Å². The van der Waals surface area contributed by atoms with Crippen LogP contribution in [0.25, 0.3) is 0 Å². The molecule has 3 rings (SSSR count). The molecule has 33 heavy (non-hydrogen) atoms. The lowest BCUT2D eigenvalue weighted by Crippen LogP contribution is -2.36. The summed E-state index contributed by atoms with van der Waals surface area (Å²) in [6.45, 7) is 4.85. The van der Waals surface area contributed by atoms with Crippen molar-refractivity contribution in [2.24, 2.45) is 4.99 Å². The molecule has 1 heterocycles. The molecule has 0 radical (unpaired) electrons. The summed E-state index contributed by atoms with van der Waals surface area (Å²) in [6.07, 6.45) is 6.86. The zero-order chi connectivity index (χ0) is 22.8. The van der Waals surface area contributed by atoms with E-state index < -0.39 is 0 Å². The third kappa shape index (κ3) is 7.56. The number of terminal acetylenes is 1. The molecule has 0 atom stereocenters. The van der Waals surface area contributed by atoms with Crippen LogP contribution in [0.3, 0.4) is 0 Å². The fourth-order valence-electron chi connectivity index (χ4n) is 3.46. The molecule has 2 aromatic carbocycles. The molecule has 0 aromatic heterocycles. The largest absolute Gasteiger partial charge is 0.493 e. The lowest BCUT2D eigenvalue weighted by molar-refractivity contribution is -0.117. The minimum Gasteiger partial charge on any atom is -0.493 e. The summed E-state index contributed by atoms with van der Waals surface area (Å²) >= 11 is 0. The van der Waals surface area contributed by atoms with Crippen LogP contribution in [0.15, 0.2) is 47.5 Å². The summed E-state index contributed by atoms with van der Waals surface area (Å²) in [5.41, 5.74) is 3.05. The fraction of sp³-hybridized carbons (Fsp3) is 0.360. The van der Waals surface area contributed by atoms with Crippen molar-refractivity contribution in [2.75, 3.05) is 31.7 Å². The number of rotatable bonds is 9. The number of benzene rings is 2. The van der Waals surface area contributed by atoms with E-state index >= 15 is 0 Å². The van der Waals surface area contributed by atoms with Crippen molar-refractivity contribution in [1.82, 2.24) is 10.6 Å². The predicted octanol–water partition coefficient (Wildman–Crippen LogP) is 3.71. The second-order valence-corrected chi connectivity index (χ2v) is 7.34. The van der Waals surface area contributed by atoms with E-state index in [0.717, 1.165) is 36.3 Å². The summed E-state index contributed by atoms with van der Waals surface area (Å²) in [5.74, 6) is 4.62. The molecule has 0 bridgehead atoms. The number of methoxy groups -OCH3 is 1. The maximum Gasteiger partial charge on any atom is 0.227 e. The minimum atomic E-state index is 0. The van der Waals surface area contributed by atoms with Gasteiger partial charge in [0.1, 0.15) is 6.61 Å². The second kappa shape index (κ2) is 13.6. The number of hydrogen-bond donors (Lipinski definition) is 2. The van der Waals surface area contributed by atoms with Gasteiger partial charge in [-0.3, -0.25) is 4.79 Å². The van der Waals surface area contributed by atoms with Crippen molar-refractivity contribution in [2.45, 2.75) is 32.9 Å². The van der Waals surface area contributed by atoms with Gasteiger partial charge in [0.15, 0.2) is 17.5 Å². The summed E-state index contributed by atoms with van der Waals surface area (Å²) in [7, 11) is 1.60. The normalized spacial score (nSPS) is 13.2. The fourth-order valence-corrected chi connectivity index (χ4v) is 3.46. The highest BCUT2D eigenvalue weighted by molar-refractivity contribution is 14.0. The van der Waals surface area contributed by atoms with Gasteiger partial charge >= 0.3 is 0 Å². The van der Waals surface area contributed by atoms with Crippen LogP contribution < -0.4 is 25.0 Å². The number of carbonyl (C=O) groups is 1. The van der Waals surface area contributed by atoms with Gasteiger partial charge in [-0.05, 0) is 48.7 Å². The highest BCUT2D eigenvalue weighted by atomic mass is 127. The summed E-state index contributed by atoms with van der Waals surface area (Å²) in [6, 6.07) is 13.8. The number of hydrogen-bond acceptors (Lipinski definition) is 4. The smallest absolute Gasteiger partial charge is 0.227 e. The summed E-state index contributed by atoms with van der Waals surface area (Å²) in [5, 5.41) is 6.61. The molecule has 8 heteroatoms. The van der Waals surface area contributed by atoms with E-state index in [0.29, 0.717) is 37.0 Å². The molecule has 0 saturated carbocycles. The Balaban J connectivity index is 0.00000385. The molecule has 1 aliphatic heterocycles. The third-order valence-corrected chi connectivity index (χ3v) is 5.08. The minimum absolute atomic E-state index is 0. The Bertz CT molecular complexity index is 986. The van der Waals surface area contributed by atoms with Gasteiger partial charge in [0.2, 0.25) is 5.91 Å². The zero-order valence-electron chi connectivity index (χ0n) is 19.1. The van der Waals surface area contributed by atoms with E-state index in [1.807, 2.05) is 54.3 Å². The van der Waals surface area contributed by atoms with Gasteiger partial charge in [-0.1, -0.05) is 24.1 Å². The van der Waals surface area contributed by atoms with Gasteiger partial charge in [-0.2, -0.15) is 0 Å². The van der Waals surface area contributed by atoms with E-state index in [-0.39, 0.29) is 36.5 Å². The van der Waals surface area contributed by atoms with Crippen LogP contribution in [0.2, 0.25) is 0 Å². The van der Waals surface area contributed by atoms with Crippen molar-refractivity contribution in [3.63, 3.8) is 0 Å². The average Bonchev–Trinajstić information content (AvgIpc) is 3.25. The van der Waals surface area contributed by atoms with E-state index in [1.165, 1.54) is 0 Å². The number of ether oxygens (including phenoxy) is 2. The molecule has 0 spiro atoms. The van der Waals surface area contributed by atoms with Gasteiger partial charge in [-0.25, -0.2) is 4.99 Å². The molecule has 2 N–H and O–H groups in total. The Morgan fingerprint density at radius 2 is 1.91 bits per heavy atom. The van der Waals surface area contributed by atoms with Crippen LogP contribution in [0, 0.1) is 12.3 Å². The number of nitrogens with zero attached hydrogens (tertiary/aromatic N) is 2. The number of halogens is 1. The summed E-state index contributed by atoms with van der Waals surface area (Å²) < 4.78 is 10.9. The van der Waals surface area contributed by atoms with E-state index in [4.69, 9.17) is 15.9 Å². The van der Waals surface area contributed by atoms with Crippen LogP contribution in [0.4, 0.5) is 5.69 Å². The van der Waals surface area contributed by atoms with Crippen LogP contribution in [0.5, 0.6) is 11.5 Å². The van der Waals surface area contributed by atoms with Crippen LogP contribution >= 0.6 is 24.0 Å². The van der Waals surface area contributed by atoms with Crippen LogP contribution in [-0.4, -0.2) is 38.7 Å². The van der Waals surface area contributed by atoms with Crippen LogP contribution in [-0.2, 0) is 17.9 Å². The van der Waals surface area contributed by atoms with Crippen molar-refractivity contribution in [1.29, 1.82) is 0 Å². The van der Waals surface area contributed by atoms with Crippen molar-refractivity contribution >= 4 is 41.5 Å². The van der Waals surface area contributed by atoms with Gasteiger partial charge in [0.05, 0.1) is 13.7 Å². The number of anilines is 1. The second-order valence-electron chi connectivity index (χ2n) is 7.34. The van der Waals surface area contributed by atoms with E-state index in [9.17, 15) is 4.79 Å². The molecular formula is C25H31IN4O3. The van der Waals surface area contributed by atoms with E-state index in [1.54, 1.807) is 7.11 Å².